The molecule has 0 atom stereocenters. The van der Waals surface area contributed by atoms with E-state index in [1.54, 1.807) is 30.3 Å². The van der Waals surface area contributed by atoms with Crippen molar-refractivity contribution in [3.63, 3.8) is 0 Å². The lowest BCUT2D eigenvalue weighted by Crippen LogP contribution is -2.56. The normalized spacial score (nSPS) is 20.8. The largest absolute Gasteiger partial charge is 0.426 e. The van der Waals surface area contributed by atoms with Crippen molar-refractivity contribution >= 4 is 11.4 Å². The van der Waals surface area contributed by atoms with Crippen LogP contribution < -0.4 is 5.43 Å². The maximum atomic E-state index is 12.7. The van der Waals surface area contributed by atoms with Crippen molar-refractivity contribution in [2.45, 2.75) is 24.4 Å². The molecule has 0 saturated carbocycles. The average Bonchev–Trinajstić information content (AvgIpc) is 2.82. The van der Waals surface area contributed by atoms with Gasteiger partial charge in [-0.25, -0.2) is 0 Å². The van der Waals surface area contributed by atoms with E-state index in [9.17, 15) is 26.3 Å². The number of nitrogens with zero attached hydrogens (tertiary/aromatic N) is 1. The Morgan fingerprint density at radius 1 is 1.00 bits per heavy atom. The molecular weight excluding hydrogens is 302 g/mol. The highest BCUT2D eigenvalue weighted by molar-refractivity contribution is 5.89. The van der Waals surface area contributed by atoms with Crippen molar-refractivity contribution < 1.29 is 31.1 Å². The predicted octanol–water partition coefficient (Wildman–Crippen LogP) is 3.74. The van der Waals surface area contributed by atoms with Gasteiger partial charge in [0.15, 0.2) is 0 Å². The van der Waals surface area contributed by atoms with Crippen LogP contribution in [0.5, 0.6) is 0 Å². The molecule has 21 heavy (non-hydrogen) atoms. The van der Waals surface area contributed by atoms with Gasteiger partial charge in [-0.2, -0.15) is 31.4 Å². The molecule has 1 fully saturated rings. The second kappa shape index (κ2) is 5.21. The molecule has 9 heteroatoms. The van der Waals surface area contributed by atoms with E-state index >= 15 is 0 Å². The minimum atomic E-state index is -5.56. The number of halogens is 6. The van der Waals surface area contributed by atoms with E-state index in [0.717, 1.165) is 0 Å². The number of para-hydroxylation sites is 1. The number of ether oxygens (including phenoxy) is 1. The lowest BCUT2D eigenvalue weighted by molar-refractivity contribution is -0.367. The van der Waals surface area contributed by atoms with Gasteiger partial charge in [0.1, 0.15) is 0 Å². The van der Waals surface area contributed by atoms with E-state index in [1.807, 2.05) is 0 Å². The first kappa shape index (κ1) is 15.6. The summed E-state index contributed by atoms with van der Waals surface area (Å²) in [4.78, 5) is 0. The quantitative estimate of drug-likeness (QED) is 0.667. The fourth-order valence-electron chi connectivity index (χ4n) is 1.85. The first-order chi connectivity index (χ1) is 9.66. The molecule has 1 aliphatic heterocycles. The molecule has 0 aromatic heterocycles. The Balaban J connectivity index is 2.18. The van der Waals surface area contributed by atoms with Gasteiger partial charge in [-0.1, -0.05) is 18.2 Å². The molecule has 1 saturated heterocycles. The zero-order chi connectivity index (χ0) is 15.7. The fraction of sp³-hybridized carbons (Fsp3) is 0.417. The van der Waals surface area contributed by atoms with Gasteiger partial charge >= 0.3 is 12.4 Å². The molecule has 1 N–H and O–H groups in total. The Labute approximate surface area is 115 Å². The van der Waals surface area contributed by atoms with E-state index in [2.05, 4.69) is 15.3 Å². The summed E-state index contributed by atoms with van der Waals surface area (Å²) < 4.78 is 80.4. The minimum Gasteiger partial charge on any atom is -0.352 e. The maximum Gasteiger partial charge on any atom is 0.426 e. The molecule has 1 heterocycles. The van der Waals surface area contributed by atoms with E-state index in [0.29, 0.717) is 5.69 Å². The number of alkyl halides is 6. The van der Waals surface area contributed by atoms with Crippen LogP contribution in [-0.4, -0.2) is 30.3 Å². The molecule has 0 bridgehead atoms. The van der Waals surface area contributed by atoms with Crippen LogP contribution in [0.25, 0.3) is 0 Å². The molecule has 1 aromatic carbocycles. The van der Waals surface area contributed by atoms with Crippen molar-refractivity contribution in [3.8, 4) is 0 Å². The first-order valence-corrected chi connectivity index (χ1v) is 5.80. The average molecular weight is 312 g/mol. The summed E-state index contributed by atoms with van der Waals surface area (Å²) in [7, 11) is 0. The first-order valence-electron chi connectivity index (χ1n) is 5.80. The summed E-state index contributed by atoms with van der Waals surface area (Å²) in [5.41, 5.74) is -1.69. The second-order valence-corrected chi connectivity index (χ2v) is 4.44. The van der Waals surface area contributed by atoms with Crippen LogP contribution in [-0.2, 0) is 4.74 Å². The molecule has 1 aliphatic rings. The van der Waals surface area contributed by atoms with Crippen LogP contribution >= 0.6 is 0 Å². The Hall–Kier alpha value is -1.77. The standard InChI is InChI=1S/C12H10F6N2O/c13-11(14,15)10(12(16,17)18)6-9(7-21-10)20-19-8-4-2-1-3-5-8/h1-5,19H,6-7H2. The van der Waals surface area contributed by atoms with Gasteiger partial charge in [0, 0.05) is 6.42 Å². The number of nitrogens with one attached hydrogen (secondary N) is 1. The SMILES string of the molecule is FC(F)(F)C1(C(F)(F)F)CC(=NNc2ccccc2)CO1. The number of hydrazone groups is 1. The van der Waals surface area contributed by atoms with Crippen molar-refractivity contribution in [2.24, 2.45) is 5.10 Å². The van der Waals surface area contributed by atoms with Gasteiger partial charge in [-0.15, -0.1) is 0 Å². The van der Waals surface area contributed by atoms with Gasteiger partial charge in [0.05, 0.1) is 18.0 Å². The number of rotatable bonds is 2. The molecule has 116 valence electrons. The Morgan fingerprint density at radius 3 is 2.05 bits per heavy atom. The van der Waals surface area contributed by atoms with Gasteiger partial charge in [-0.3, -0.25) is 5.43 Å². The summed E-state index contributed by atoms with van der Waals surface area (Å²) in [6, 6.07) is 8.13. The van der Waals surface area contributed by atoms with E-state index in [4.69, 9.17) is 0 Å². The molecular formula is C12H10F6N2O. The molecule has 0 spiro atoms. The molecule has 1 aromatic rings. The van der Waals surface area contributed by atoms with Crippen LogP contribution in [0.4, 0.5) is 32.0 Å². The molecule has 0 aliphatic carbocycles. The monoisotopic (exact) mass is 312 g/mol. The highest BCUT2D eigenvalue weighted by Gasteiger charge is 2.74. The van der Waals surface area contributed by atoms with Crippen LogP contribution in [0.1, 0.15) is 6.42 Å². The third-order valence-electron chi connectivity index (χ3n) is 2.97. The topological polar surface area (TPSA) is 33.6 Å². The number of anilines is 1. The number of hydrogen-bond acceptors (Lipinski definition) is 3. The minimum absolute atomic E-state index is 0.353. The van der Waals surface area contributed by atoms with Crippen molar-refractivity contribution in [2.75, 3.05) is 12.0 Å². The summed E-state index contributed by atoms with van der Waals surface area (Å²) in [6.07, 6.45) is -12.5. The highest BCUT2D eigenvalue weighted by atomic mass is 19.4. The highest BCUT2D eigenvalue weighted by Crippen LogP contribution is 2.50. The number of hydrogen-bond donors (Lipinski definition) is 1. The summed E-state index contributed by atoms with van der Waals surface area (Å²) in [5, 5.41) is 3.56. The van der Waals surface area contributed by atoms with Gasteiger partial charge < -0.3 is 4.74 Å². The van der Waals surface area contributed by atoms with Gasteiger partial charge in [0.25, 0.3) is 5.60 Å². The fourth-order valence-corrected chi connectivity index (χ4v) is 1.85. The van der Waals surface area contributed by atoms with Crippen molar-refractivity contribution in [1.82, 2.24) is 0 Å². The zero-order valence-corrected chi connectivity index (χ0v) is 10.4. The molecule has 2 rings (SSSR count). The summed E-state index contributed by atoms with van der Waals surface area (Å²) >= 11 is 0. The predicted molar refractivity (Wildman–Crippen MR) is 62.9 cm³/mol. The molecule has 0 radical (unpaired) electrons. The Morgan fingerprint density at radius 2 is 1.57 bits per heavy atom. The summed E-state index contributed by atoms with van der Waals surface area (Å²) in [6.45, 7) is -0.834. The third-order valence-corrected chi connectivity index (χ3v) is 2.97. The maximum absolute atomic E-state index is 12.7. The third kappa shape index (κ3) is 2.97. The molecule has 0 amide bonds. The van der Waals surface area contributed by atoms with E-state index < -0.39 is 31.0 Å². The van der Waals surface area contributed by atoms with Crippen LogP contribution in [0.2, 0.25) is 0 Å². The Kier molecular flexibility index (Phi) is 3.87. The van der Waals surface area contributed by atoms with E-state index in [-0.39, 0.29) is 5.71 Å². The summed E-state index contributed by atoms with van der Waals surface area (Å²) in [5.74, 6) is 0. The Bertz CT molecular complexity index is 509. The van der Waals surface area contributed by atoms with Crippen LogP contribution in [0.3, 0.4) is 0 Å². The zero-order valence-electron chi connectivity index (χ0n) is 10.4. The van der Waals surface area contributed by atoms with Gasteiger partial charge in [0.2, 0.25) is 0 Å². The smallest absolute Gasteiger partial charge is 0.352 e. The molecule has 0 unspecified atom stereocenters. The second-order valence-electron chi connectivity index (χ2n) is 4.44. The van der Waals surface area contributed by atoms with Crippen LogP contribution in [0.15, 0.2) is 35.4 Å². The van der Waals surface area contributed by atoms with E-state index in [1.165, 1.54) is 0 Å². The van der Waals surface area contributed by atoms with Crippen molar-refractivity contribution in [3.05, 3.63) is 30.3 Å². The van der Waals surface area contributed by atoms with Crippen molar-refractivity contribution in [1.29, 1.82) is 0 Å². The lowest BCUT2D eigenvalue weighted by Gasteiger charge is -2.31. The number of benzene rings is 1. The van der Waals surface area contributed by atoms with Crippen LogP contribution in [0, 0.1) is 0 Å². The molecule has 3 nitrogen and oxygen atoms in total. The lowest BCUT2D eigenvalue weighted by atomic mass is 9.98. The van der Waals surface area contributed by atoms with Gasteiger partial charge in [-0.05, 0) is 12.1 Å².